The van der Waals surface area contributed by atoms with Crippen molar-refractivity contribution in [3.05, 3.63) is 30.2 Å². The summed E-state index contributed by atoms with van der Waals surface area (Å²) < 4.78 is 1.84. The number of rotatable bonds is 3. The predicted octanol–water partition coefficient (Wildman–Crippen LogP) is 0.955. The number of hydrogen-bond acceptors (Lipinski definition) is 4. The number of imidazole rings is 1. The first-order chi connectivity index (χ1) is 11.0. The number of aliphatic hydroxyl groups is 1. The first-order valence-corrected chi connectivity index (χ1v) is 7.75. The molecule has 23 heavy (non-hydrogen) atoms. The molecule has 1 aliphatic heterocycles. The number of aliphatic hydroxyl groups excluding tert-OH is 1. The number of carbonyl (C=O) groups is 2. The SMILES string of the molecule is Cc1cn2cc(NC(=O)CN3CCCCC(O)C3=O)ccc2n1. The van der Waals surface area contributed by atoms with Crippen LogP contribution in [-0.2, 0) is 9.59 Å². The van der Waals surface area contributed by atoms with Crippen LogP contribution in [0.2, 0.25) is 0 Å². The van der Waals surface area contributed by atoms with Crippen LogP contribution in [0.5, 0.6) is 0 Å². The van der Waals surface area contributed by atoms with E-state index < -0.39 is 6.10 Å². The Balaban J connectivity index is 1.66. The molecule has 2 N–H and O–H groups in total. The summed E-state index contributed by atoms with van der Waals surface area (Å²) in [4.78, 5) is 29.9. The number of hydrogen-bond donors (Lipinski definition) is 2. The Labute approximate surface area is 133 Å². The van der Waals surface area contributed by atoms with Gasteiger partial charge < -0.3 is 19.7 Å². The van der Waals surface area contributed by atoms with E-state index in [0.29, 0.717) is 18.7 Å². The van der Waals surface area contributed by atoms with Gasteiger partial charge in [0.1, 0.15) is 11.8 Å². The Hall–Kier alpha value is -2.41. The number of amides is 2. The lowest BCUT2D eigenvalue weighted by atomic mass is 10.2. The molecule has 3 rings (SSSR count). The van der Waals surface area contributed by atoms with Gasteiger partial charge in [0.25, 0.3) is 5.91 Å². The lowest BCUT2D eigenvalue weighted by Gasteiger charge is -2.21. The summed E-state index contributed by atoms with van der Waals surface area (Å²) >= 11 is 0. The van der Waals surface area contributed by atoms with Crippen LogP contribution in [0.3, 0.4) is 0 Å². The van der Waals surface area contributed by atoms with Crippen LogP contribution < -0.4 is 5.32 Å². The molecule has 2 amide bonds. The van der Waals surface area contributed by atoms with Gasteiger partial charge in [-0.2, -0.15) is 0 Å². The van der Waals surface area contributed by atoms with Gasteiger partial charge in [-0.05, 0) is 38.3 Å². The first-order valence-electron chi connectivity index (χ1n) is 7.75. The summed E-state index contributed by atoms with van der Waals surface area (Å²) in [7, 11) is 0. The van der Waals surface area contributed by atoms with E-state index in [4.69, 9.17) is 0 Å². The Morgan fingerprint density at radius 3 is 3.04 bits per heavy atom. The van der Waals surface area contributed by atoms with E-state index in [2.05, 4.69) is 10.3 Å². The van der Waals surface area contributed by atoms with Crippen LogP contribution in [-0.4, -0.2) is 50.4 Å². The zero-order valence-electron chi connectivity index (χ0n) is 13.0. The maximum absolute atomic E-state index is 12.2. The zero-order valence-corrected chi connectivity index (χ0v) is 13.0. The van der Waals surface area contributed by atoms with E-state index in [1.165, 1.54) is 4.90 Å². The Morgan fingerprint density at radius 1 is 1.39 bits per heavy atom. The number of likely N-dealkylation sites (tertiary alicyclic amines) is 1. The minimum atomic E-state index is -0.990. The summed E-state index contributed by atoms with van der Waals surface area (Å²) in [5, 5.41) is 12.5. The normalized spacial score (nSPS) is 19.0. The number of nitrogens with one attached hydrogen (secondary N) is 1. The quantitative estimate of drug-likeness (QED) is 0.883. The highest BCUT2D eigenvalue weighted by Crippen LogP contribution is 2.14. The highest BCUT2D eigenvalue weighted by atomic mass is 16.3. The van der Waals surface area contributed by atoms with Crippen LogP contribution in [0.4, 0.5) is 5.69 Å². The first kappa shape index (κ1) is 15.5. The molecule has 7 nitrogen and oxygen atoms in total. The van der Waals surface area contributed by atoms with E-state index in [1.54, 1.807) is 12.3 Å². The Bertz CT molecular complexity index is 740. The lowest BCUT2D eigenvalue weighted by molar-refractivity contribution is -0.141. The van der Waals surface area contributed by atoms with Crippen LogP contribution in [0.1, 0.15) is 25.0 Å². The number of aryl methyl sites for hydroxylation is 1. The standard InChI is InChI=1S/C16H20N4O3/c1-11-8-20-9-12(5-6-14(20)17-11)18-15(22)10-19-7-3-2-4-13(21)16(19)23/h5-6,8-9,13,21H,2-4,7,10H2,1H3,(H,18,22). The van der Waals surface area contributed by atoms with Crippen LogP contribution >= 0.6 is 0 Å². The minimum absolute atomic E-state index is 0.0448. The van der Waals surface area contributed by atoms with Gasteiger partial charge in [0.2, 0.25) is 5.91 Å². The minimum Gasteiger partial charge on any atom is -0.383 e. The molecular weight excluding hydrogens is 296 g/mol. The van der Waals surface area contributed by atoms with Gasteiger partial charge in [-0.25, -0.2) is 4.98 Å². The van der Waals surface area contributed by atoms with Crippen LogP contribution in [0.15, 0.2) is 24.5 Å². The molecule has 0 aromatic carbocycles. The number of fused-ring (bicyclic) bond motifs is 1. The van der Waals surface area contributed by atoms with Crippen molar-refractivity contribution >= 4 is 23.1 Å². The van der Waals surface area contributed by atoms with Gasteiger partial charge >= 0.3 is 0 Å². The summed E-state index contributed by atoms with van der Waals surface area (Å²) in [5.74, 6) is -0.637. The van der Waals surface area contributed by atoms with Gasteiger partial charge in [0.15, 0.2) is 0 Å². The number of carbonyl (C=O) groups excluding carboxylic acids is 2. The second-order valence-electron chi connectivity index (χ2n) is 5.89. The number of anilines is 1. The molecule has 3 heterocycles. The van der Waals surface area contributed by atoms with Gasteiger partial charge in [-0.3, -0.25) is 9.59 Å². The maximum Gasteiger partial charge on any atom is 0.251 e. The molecule has 122 valence electrons. The van der Waals surface area contributed by atoms with Crippen molar-refractivity contribution in [2.45, 2.75) is 32.3 Å². The average Bonchev–Trinajstić information content (AvgIpc) is 2.80. The third-order valence-corrected chi connectivity index (χ3v) is 3.94. The van der Waals surface area contributed by atoms with Crippen molar-refractivity contribution < 1.29 is 14.7 Å². The number of aromatic nitrogens is 2. The fourth-order valence-electron chi connectivity index (χ4n) is 2.81. The Kier molecular flexibility index (Phi) is 4.29. The van der Waals surface area contributed by atoms with Gasteiger partial charge in [-0.15, -0.1) is 0 Å². The molecule has 1 atom stereocenters. The molecule has 2 aromatic heterocycles. The summed E-state index contributed by atoms with van der Waals surface area (Å²) in [6.07, 6.45) is 4.73. The summed E-state index contributed by atoms with van der Waals surface area (Å²) in [6, 6.07) is 3.60. The average molecular weight is 316 g/mol. The molecule has 1 fully saturated rings. The number of pyridine rings is 1. The van der Waals surface area contributed by atoms with Crippen LogP contribution in [0.25, 0.3) is 5.65 Å². The van der Waals surface area contributed by atoms with Crippen molar-refractivity contribution in [3.63, 3.8) is 0 Å². The topological polar surface area (TPSA) is 86.9 Å². The van der Waals surface area contributed by atoms with Crippen molar-refractivity contribution in [3.8, 4) is 0 Å². The molecule has 0 saturated carbocycles. The molecule has 0 radical (unpaired) electrons. The monoisotopic (exact) mass is 316 g/mol. The fourth-order valence-corrected chi connectivity index (χ4v) is 2.81. The maximum atomic E-state index is 12.2. The molecular formula is C16H20N4O3. The lowest BCUT2D eigenvalue weighted by Crippen LogP contribution is -2.42. The van der Waals surface area contributed by atoms with E-state index in [9.17, 15) is 14.7 Å². The largest absolute Gasteiger partial charge is 0.383 e. The summed E-state index contributed by atoms with van der Waals surface area (Å²) in [6.45, 7) is 2.36. The van der Waals surface area contributed by atoms with Crippen molar-refractivity contribution in [2.75, 3.05) is 18.4 Å². The Morgan fingerprint density at radius 2 is 2.22 bits per heavy atom. The molecule has 2 aromatic rings. The fraction of sp³-hybridized carbons (Fsp3) is 0.438. The van der Waals surface area contributed by atoms with E-state index in [0.717, 1.165) is 24.2 Å². The van der Waals surface area contributed by atoms with Gasteiger partial charge in [-0.1, -0.05) is 0 Å². The smallest absolute Gasteiger partial charge is 0.251 e. The molecule has 0 aliphatic carbocycles. The molecule has 0 bridgehead atoms. The second kappa shape index (κ2) is 6.37. The predicted molar refractivity (Wildman–Crippen MR) is 85.0 cm³/mol. The van der Waals surface area contributed by atoms with E-state index in [1.807, 2.05) is 23.6 Å². The van der Waals surface area contributed by atoms with Crippen LogP contribution in [0, 0.1) is 6.92 Å². The van der Waals surface area contributed by atoms with Gasteiger partial charge in [0.05, 0.1) is 17.9 Å². The third-order valence-electron chi connectivity index (χ3n) is 3.94. The third kappa shape index (κ3) is 3.50. The number of nitrogens with zero attached hydrogens (tertiary/aromatic N) is 3. The van der Waals surface area contributed by atoms with Crippen molar-refractivity contribution in [1.29, 1.82) is 0 Å². The molecule has 0 spiro atoms. The second-order valence-corrected chi connectivity index (χ2v) is 5.89. The van der Waals surface area contributed by atoms with E-state index in [-0.39, 0.29) is 18.4 Å². The highest BCUT2D eigenvalue weighted by Gasteiger charge is 2.26. The highest BCUT2D eigenvalue weighted by molar-refractivity contribution is 5.95. The van der Waals surface area contributed by atoms with Gasteiger partial charge in [0, 0.05) is 18.9 Å². The van der Waals surface area contributed by atoms with E-state index >= 15 is 0 Å². The zero-order chi connectivity index (χ0) is 16.4. The van der Waals surface area contributed by atoms with Crippen molar-refractivity contribution in [1.82, 2.24) is 14.3 Å². The molecule has 1 aliphatic rings. The van der Waals surface area contributed by atoms with Crippen molar-refractivity contribution in [2.24, 2.45) is 0 Å². The molecule has 1 saturated heterocycles. The molecule has 1 unspecified atom stereocenters. The summed E-state index contributed by atoms with van der Waals surface area (Å²) in [5.41, 5.74) is 2.35. The molecule has 7 heteroatoms.